The smallest absolute Gasteiger partial charge is 0.240 e. The van der Waals surface area contributed by atoms with E-state index in [1.807, 2.05) is 4.90 Å². The lowest BCUT2D eigenvalue weighted by Gasteiger charge is -2.23. The molecule has 94 valence electrons. The van der Waals surface area contributed by atoms with Crippen LogP contribution in [0.1, 0.15) is 12.8 Å². The number of aromatic nitrogens is 3. The third-order valence-electron chi connectivity index (χ3n) is 3.23. The van der Waals surface area contributed by atoms with Crippen molar-refractivity contribution in [2.24, 2.45) is 5.73 Å². The number of nitrogens with two attached hydrogens (primary N) is 2. The van der Waals surface area contributed by atoms with E-state index >= 15 is 0 Å². The maximum Gasteiger partial charge on any atom is 0.240 e. The van der Waals surface area contributed by atoms with Crippen molar-refractivity contribution in [1.29, 1.82) is 0 Å². The molecule has 18 heavy (non-hydrogen) atoms. The third kappa shape index (κ3) is 1.55. The summed E-state index contributed by atoms with van der Waals surface area (Å²) in [6, 6.07) is -0.320. The molecule has 0 bridgehead atoms. The summed E-state index contributed by atoms with van der Waals surface area (Å²) in [5.41, 5.74) is 11.9. The van der Waals surface area contributed by atoms with Gasteiger partial charge in [0.15, 0.2) is 11.5 Å². The van der Waals surface area contributed by atoms with Gasteiger partial charge in [0, 0.05) is 18.9 Å². The lowest BCUT2D eigenvalue weighted by atomic mass is 10.2. The molecule has 0 saturated carbocycles. The molecule has 3 heterocycles. The first kappa shape index (κ1) is 10.8. The highest BCUT2D eigenvalue weighted by atomic mass is 16.1. The molecule has 2 aromatic rings. The molecule has 0 spiro atoms. The van der Waals surface area contributed by atoms with Crippen LogP contribution in [-0.2, 0) is 4.79 Å². The van der Waals surface area contributed by atoms with Crippen molar-refractivity contribution in [1.82, 2.24) is 14.4 Å². The van der Waals surface area contributed by atoms with Gasteiger partial charge in [-0.05, 0) is 12.8 Å². The predicted octanol–water partition coefficient (Wildman–Crippen LogP) is -0.234. The molecule has 0 radical (unpaired) electrons. The number of nitrogens with zero attached hydrogens (tertiary/aromatic N) is 4. The number of hydrogen-bond acceptors (Lipinski definition) is 5. The summed E-state index contributed by atoms with van der Waals surface area (Å²) in [4.78, 5) is 21.9. The molecule has 1 fully saturated rings. The van der Waals surface area contributed by atoms with Gasteiger partial charge in [-0.3, -0.25) is 4.79 Å². The Morgan fingerprint density at radius 2 is 2.33 bits per heavy atom. The number of nitrogen functional groups attached to an aromatic ring is 1. The Balaban J connectivity index is 2.13. The zero-order valence-electron chi connectivity index (χ0n) is 9.78. The zero-order valence-corrected chi connectivity index (χ0v) is 9.78. The van der Waals surface area contributed by atoms with Crippen molar-refractivity contribution >= 4 is 23.2 Å². The highest BCUT2D eigenvalue weighted by Crippen LogP contribution is 2.27. The van der Waals surface area contributed by atoms with Gasteiger partial charge in [-0.2, -0.15) is 0 Å². The van der Waals surface area contributed by atoms with E-state index in [1.54, 1.807) is 23.0 Å². The van der Waals surface area contributed by atoms with Crippen molar-refractivity contribution in [3.63, 3.8) is 0 Å². The van der Waals surface area contributed by atoms with Crippen molar-refractivity contribution in [3.8, 4) is 0 Å². The second kappa shape index (κ2) is 3.86. The van der Waals surface area contributed by atoms with Gasteiger partial charge in [-0.25, -0.2) is 9.97 Å². The van der Waals surface area contributed by atoms with Gasteiger partial charge in [-0.1, -0.05) is 0 Å². The van der Waals surface area contributed by atoms with Crippen LogP contribution in [-0.4, -0.2) is 32.9 Å². The Bertz CT molecular complexity index is 607. The van der Waals surface area contributed by atoms with Crippen LogP contribution in [0, 0.1) is 0 Å². The molecule has 0 aromatic carbocycles. The Labute approximate surface area is 103 Å². The number of rotatable bonds is 2. The van der Waals surface area contributed by atoms with Crippen molar-refractivity contribution < 1.29 is 4.79 Å². The number of carbonyl (C=O) groups excluding carboxylic acids is 1. The van der Waals surface area contributed by atoms with E-state index in [0.717, 1.165) is 19.4 Å². The first-order valence-electron chi connectivity index (χ1n) is 5.82. The minimum atomic E-state index is -0.332. The van der Waals surface area contributed by atoms with E-state index in [9.17, 15) is 4.79 Å². The number of carbonyl (C=O) groups is 1. The Morgan fingerprint density at radius 3 is 3.11 bits per heavy atom. The summed E-state index contributed by atoms with van der Waals surface area (Å²) in [6.07, 6.45) is 6.83. The van der Waals surface area contributed by atoms with Crippen LogP contribution in [0.4, 0.5) is 11.6 Å². The van der Waals surface area contributed by atoms with E-state index in [1.165, 1.54) is 0 Å². The van der Waals surface area contributed by atoms with Gasteiger partial charge < -0.3 is 20.8 Å². The molecule has 0 aliphatic carbocycles. The van der Waals surface area contributed by atoms with Crippen molar-refractivity contribution in [3.05, 3.63) is 18.6 Å². The predicted molar refractivity (Wildman–Crippen MR) is 67.0 cm³/mol. The lowest BCUT2D eigenvalue weighted by Crippen LogP contribution is -2.41. The second-order valence-electron chi connectivity index (χ2n) is 4.40. The van der Waals surface area contributed by atoms with Crippen LogP contribution in [0.2, 0.25) is 0 Å². The molecular formula is C11H14N6O. The van der Waals surface area contributed by atoms with Crippen molar-refractivity contribution in [2.75, 3.05) is 17.2 Å². The molecule has 2 aromatic heterocycles. The van der Waals surface area contributed by atoms with E-state index < -0.39 is 0 Å². The molecule has 1 saturated heterocycles. The summed E-state index contributed by atoms with van der Waals surface area (Å²) in [7, 11) is 0. The van der Waals surface area contributed by atoms with Gasteiger partial charge in [0.25, 0.3) is 0 Å². The monoisotopic (exact) mass is 246 g/mol. The normalized spacial score (nSPS) is 19.6. The number of amides is 1. The number of primary amides is 1. The quantitative estimate of drug-likeness (QED) is 0.761. The maximum atomic E-state index is 11.4. The maximum absolute atomic E-state index is 11.4. The Morgan fingerprint density at radius 1 is 1.50 bits per heavy atom. The Hall–Kier alpha value is -2.31. The minimum Gasteiger partial charge on any atom is -0.382 e. The molecule has 1 aliphatic heterocycles. The molecule has 7 heteroatoms. The number of imidazole rings is 1. The molecular weight excluding hydrogens is 232 g/mol. The molecule has 1 amide bonds. The van der Waals surface area contributed by atoms with Crippen LogP contribution >= 0.6 is 0 Å². The summed E-state index contributed by atoms with van der Waals surface area (Å²) in [5.74, 6) is 0.688. The van der Waals surface area contributed by atoms with Gasteiger partial charge in [0.1, 0.15) is 11.9 Å². The van der Waals surface area contributed by atoms with Crippen LogP contribution in [0.25, 0.3) is 5.65 Å². The van der Waals surface area contributed by atoms with E-state index in [2.05, 4.69) is 9.97 Å². The van der Waals surface area contributed by atoms with Gasteiger partial charge >= 0.3 is 0 Å². The Kier molecular flexibility index (Phi) is 2.32. The fourth-order valence-electron chi connectivity index (χ4n) is 2.44. The summed E-state index contributed by atoms with van der Waals surface area (Å²) in [5, 5.41) is 0. The lowest BCUT2D eigenvalue weighted by molar-refractivity contribution is -0.119. The van der Waals surface area contributed by atoms with Gasteiger partial charge in [0.05, 0.1) is 6.20 Å². The zero-order chi connectivity index (χ0) is 12.7. The molecule has 1 unspecified atom stereocenters. The molecule has 4 N–H and O–H groups in total. The van der Waals surface area contributed by atoms with Gasteiger partial charge in [-0.15, -0.1) is 0 Å². The summed E-state index contributed by atoms with van der Waals surface area (Å²) >= 11 is 0. The molecule has 7 nitrogen and oxygen atoms in total. The first-order chi connectivity index (χ1) is 8.66. The largest absolute Gasteiger partial charge is 0.382 e. The fraction of sp³-hybridized carbons (Fsp3) is 0.364. The molecule has 1 aliphatic rings. The number of hydrogen-bond donors (Lipinski definition) is 2. The molecule has 3 rings (SSSR count). The van der Waals surface area contributed by atoms with E-state index in [0.29, 0.717) is 17.3 Å². The van der Waals surface area contributed by atoms with E-state index in [4.69, 9.17) is 11.5 Å². The minimum absolute atomic E-state index is 0.320. The standard InChI is InChI=1S/C11H14N6O/c12-8-6-16-5-3-14-10(16)11(15-8)17-4-1-2-7(17)9(13)18/h3,5-7H,1-2,4,12H2,(H2,13,18). The average Bonchev–Trinajstić information content (AvgIpc) is 2.95. The van der Waals surface area contributed by atoms with Crippen molar-refractivity contribution in [2.45, 2.75) is 18.9 Å². The van der Waals surface area contributed by atoms with Crippen LogP contribution in [0.5, 0.6) is 0 Å². The van der Waals surface area contributed by atoms with E-state index in [-0.39, 0.29) is 11.9 Å². The third-order valence-corrected chi connectivity index (χ3v) is 3.23. The first-order valence-corrected chi connectivity index (χ1v) is 5.82. The highest BCUT2D eigenvalue weighted by molar-refractivity contribution is 5.85. The van der Waals surface area contributed by atoms with Gasteiger partial charge in [0.2, 0.25) is 5.91 Å². The highest BCUT2D eigenvalue weighted by Gasteiger charge is 2.31. The molecule has 1 atom stereocenters. The number of anilines is 2. The fourth-order valence-corrected chi connectivity index (χ4v) is 2.44. The number of fused-ring (bicyclic) bond motifs is 1. The topological polar surface area (TPSA) is 103 Å². The van der Waals surface area contributed by atoms with Crippen LogP contribution in [0.15, 0.2) is 18.6 Å². The van der Waals surface area contributed by atoms with Crippen LogP contribution < -0.4 is 16.4 Å². The average molecular weight is 246 g/mol. The SMILES string of the molecule is NC(=O)C1CCCN1c1nc(N)cn2ccnc12. The summed E-state index contributed by atoms with van der Waals surface area (Å²) < 4.78 is 1.80. The van der Waals surface area contributed by atoms with Crippen LogP contribution in [0.3, 0.4) is 0 Å². The summed E-state index contributed by atoms with van der Waals surface area (Å²) in [6.45, 7) is 0.743. The second-order valence-corrected chi connectivity index (χ2v) is 4.40.